The summed E-state index contributed by atoms with van der Waals surface area (Å²) in [7, 11) is 0. The van der Waals surface area contributed by atoms with Gasteiger partial charge in [0.1, 0.15) is 17.0 Å². The fourth-order valence-corrected chi connectivity index (χ4v) is 3.88. The smallest absolute Gasteiger partial charge is 0.140 e. The zero-order valence-corrected chi connectivity index (χ0v) is 13.2. The lowest BCUT2D eigenvalue weighted by atomic mass is 9.91. The summed E-state index contributed by atoms with van der Waals surface area (Å²) in [6.07, 6.45) is 2.39. The normalized spacial score (nSPS) is 16.7. The molecule has 2 aromatic heterocycles. The Morgan fingerprint density at radius 2 is 2.00 bits per heavy atom. The molecule has 0 radical (unpaired) electrons. The molecule has 22 heavy (non-hydrogen) atoms. The zero-order valence-electron chi connectivity index (χ0n) is 12.4. The Balaban J connectivity index is 1.74. The molecule has 1 aliphatic rings. The predicted octanol–water partition coefficient (Wildman–Crippen LogP) is 3.32. The third-order valence-electron chi connectivity index (χ3n) is 4.29. The molecule has 4 nitrogen and oxygen atoms in total. The highest BCUT2D eigenvalue weighted by atomic mass is 32.1. The number of nitrogens with zero attached hydrogens (tertiary/aromatic N) is 3. The van der Waals surface area contributed by atoms with E-state index in [-0.39, 0.29) is 0 Å². The van der Waals surface area contributed by atoms with Crippen molar-refractivity contribution in [1.82, 2.24) is 9.97 Å². The number of aromatic nitrogens is 2. The summed E-state index contributed by atoms with van der Waals surface area (Å²) in [5.41, 5.74) is 0.639. The SMILES string of the molecule is CCC1(O)CN(c2ncnc3sc(-c4ccccc4)cc23)C1. The van der Waals surface area contributed by atoms with Gasteiger partial charge in [-0.2, -0.15) is 0 Å². The lowest BCUT2D eigenvalue weighted by Crippen LogP contribution is -2.61. The molecule has 0 spiro atoms. The zero-order chi connectivity index (χ0) is 15.2. The Labute approximate surface area is 133 Å². The van der Waals surface area contributed by atoms with E-state index in [9.17, 15) is 5.11 Å². The van der Waals surface area contributed by atoms with E-state index in [1.165, 1.54) is 10.4 Å². The first-order chi connectivity index (χ1) is 10.7. The molecule has 5 heteroatoms. The van der Waals surface area contributed by atoms with Crippen molar-refractivity contribution in [3.8, 4) is 10.4 Å². The van der Waals surface area contributed by atoms with Crippen molar-refractivity contribution in [2.24, 2.45) is 0 Å². The molecule has 0 bridgehead atoms. The number of benzene rings is 1. The Morgan fingerprint density at radius 3 is 2.73 bits per heavy atom. The van der Waals surface area contributed by atoms with E-state index in [2.05, 4.69) is 33.1 Å². The quantitative estimate of drug-likeness (QED) is 0.806. The summed E-state index contributed by atoms with van der Waals surface area (Å²) in [6, 6.07) is 12.5. The molecule has 3 heterocycles. The molecular formula is C17H17N3OS. The molecule has 112 valence electrons. The van der Waals surface area contributed by atoms with Crippen molar-refractivity contribution in [3.63, 3.8) is 0 Å². The van der Waals surface area contributed by atoms with Crippen LogP contribution in [0.1, 0.15) is 13.3 Å². The molecule has 0 aliphatic carbocycles. The molecular weight excluding hydrogens is 294 g/mol. The molecule has 0 atom stereocenters. The minimum Gasteiger partial charge on any atom is -0.386 e. The first-order valence-electron chi connectivity index (χ1n) is 7.46. The van der Waals surface area contributed by atoms with Gasteiger partial charge in [0.2, 0.25) is 0 Å². The van der Waals surface area contributed by atoms with Gasteiger partial charge in [-0.1, -0.05) is 37.3 Å². The Kier molecular flexibility index (Phi) is 3.13. The molecule has 0 saturated carbocycles. The summed E-state index contributed by atoms with van der Waals surface area (Å²) >= 11 is 1.68. The monoisotopic (exact) mass is 311 g/mol. The molecule has 1 fully saturated rings. The van der Waals surface area contributed by atoms with Gasteiger partial charge in [0.05, 0.1) is 11.0 Å². The maximum atomic E-state index is 10.2. The van der Waals surface area contributed by atoms with Gasteiger partial charge in [0, 0.05) is 18.0 Å². The highest BCUT2D eigenvalue weighted by Crippen LogP contribution is 2.38. The van der Waals surface area contributed by atoms with Gasteiger partial charge in [-0.15, -0.1) is 11.3 Å². The number of thiophene rings is 1. The molecule has 1 saturated heterocycles. The molecule has 1 N–H and O–H groups in total. The van der Waals surface area contributed by atoms with Crippen LogP contribution < -0.4 is 4.90 Å². The summed E-state index contributed by atoms with van der Waals surface area (Å²) in [4.78, 5) is 13.2. The molecule has 0 amide bonds. The first-order valence-corrected chi connectivity index (χ1v) is 8.27. The number of aliphatic hydroxyl groups is 1. The van der Waals surface area contributed by atoms with E-state index in [1.54, 1.807) is 17.7 Å². The van der Waals surface area contributed by atoms with Crippen molar-refractivity contribution in [1.29, 1.82) is 0 Å². The molecule has 3 aromatic rings. The first kappa shape index (κ1) is 13.7. The summed E-state index contributed by atoms with van der Waals surface area (Å²) in [6.45, 7) is 3.31. The molecule has 1 aliphatic heterocycles. The number of β-amino-alcohol motifs (C(OH)–C–C–N with tert-alkyl or cyclic N) is 1. The fraction of sp³-hybridized carbons (Fsp3) is 0.294. The van der Waals surface area contributed by atoms with E-state index >= 15 is 0 Å². The van der Waals surface area contributed by atoms with Crippen LogP contribution in [0.15, 0.2) is 42.7 Å². The molecule has 0 unspecified atom stereocenters. The van der Waals surface area contributed by atoms with Crippen molar-refractivity contribution < 1.29 is 5.11 Å². The van der Waals surface area contributed by atoms with Crippen LogP contribution in [0.4, 0.5) is 5.82 Å². The van der Waals surface area contributed by atoms with Gasteiger partial charge in [-0.05, 0) is 18.1 Å². The van der Waals surface area contributed by atoms with Crippen LogP contribution in [0.3, 0.4) is 0 Å². The number of fused-ring (bicyclic) bond motifs is 1. The van der Waals surface area contributed by atoms with Gasteiger partial charge in [0.25, 0.3) is 0 Å². The van der Waals surface area contributed by atoms with Gasteiger partial charge in [-0.3, -0.25) is 0 Å². The van der Waals surface area contributed by atoms with Crippen LogP contribution in [0.25, 0.3) is 20.7 Å². The maximum absolute atomic E-state index is 10.2. The van der Waals surface area contributed by atoms with E-state index in [0.717, 1.165) is 22.5 Å². The average molecular weight is 311 g/mol. The van der Waals surface area contributed by atoms with Crippen molar-refractivity contribution >= 4 is 27.4 Å². The highest BCUT2D eigenvalue weighted by molar-refractivity contribution is 7.21. The largest absolute Gasteiger partial charge is 0.386 e. The lowest BCUT2D eigenvalue weighted by molar-refractivity contribution is 0.00823. The van der Waals surface area contributed by atoms with E-state index in [0.29, 0.717) is 13.1 Å². The van der Waals surface area contributed by atoms with Crippen LogP contribution in [-0.4, -0.2) is 33.8 Å². The molecule has 4 rings (SSSR count). The third-order valence-corrected chi connectivity index (χ3v) is 5.39. The average Bonchev–Trinajstić information content (AvgIpc) is 2.97. The van der Waals surface area contributed by atoms with Gasteiger partial charge < -0.3 is 10.0 Å². The number of anilines is 1. The second-order valence-corrected chi connectivity index (χ2v) is 6.86. The second kappa shape index (κ2) is 5.04. The highest BCUT2D eigenvalue weighted by Gasteiger charge is 2.40. The molecule has 1 aromatic carbocycles. The van der Waals surface area contributed by atoms with Crippen LogP contribution in [0.2, 0.25) is 0 Å². The van der Waals surface area contributed by atoms with Crippen molar-refractivity contribution in [2.75, 3.05) is 18.0 Å². The maximum Gasteiger partial charge on any atom is 0.140 e. The lowest BCUT2D eigenvalue weighted by Gasteiger charge is -2.46. The second-order valence-electron chi connectivity index (χ2n) is 5.83. The van der Waals surface area contributed by atoms with Crippen molar-refractivity contribution in [2.45, 2.75) is 18.9 Å². The minimum absolute atomic E-state index is 0.560. The van der Waals surface area contributed by atoms with Crippen LogP contribution in [0.5, 0.6) is 0 Å². The third kappa shape index (κ3) is 2.17. The number of hydrogen-bond acceptors (Lipinski definition) is 5. The van der Waals surface area contributed by atoms with Gasteiger partial charge >= 0.3 is 0 Å². The van der Waals surface area contributed by atoms with E-state index < -0.39 is 5.60 Å². The topological polar surface area (TPSA) is 49.2 Å². The minimum atomic E-state index is -0.560. The number of rotatable bonds is 3. The van der Waals surface area contributed by atoms with E-state index in [4.69, 9.17) is 0 Å². The van der Waals surface area contributed by atoms with E-state index in [1.807, 2.05) is 25.1 Å². The van der Waals surface area contributed by atoms with Crippen LogP contribution in [0, 0.1) is 0 Å². The predicted molar refractivity (Wildman–Crippen MR) is 90.3 cm³/mol. The summed E-state index contributed by atoms with van der Waals surface area (Å²) < 4.78 is 0. The van der Waals surface area contributed by atoms with Crippen molar-refractivity contribution in [3.05, 3.63) is 42.7 Å². The Bertz CT molecular complexity index is 809. The van der Waals surface area contributed by atoms with Gasteiger partial charge in [0.15, 0.2) is 0 Å². The van der Waals surface area contributed by atoms with Crippen LogP contribution >= 0.6 is 11.3 Å². The standard InChI is InChI=1S/C17H17N3OS/c1-2-17(21)9-20(10-17)15-13-8-14(12-6-4-3-5-7-12)22-16(13)19-11-18-15/h3-8,11,21H,2,9-10H2,1H3. The Morgan fingerprint density at radius 1 is 1.23 bits per heavy atom. The van der Waals surface area contributed by atoms with Crippen LogP contribution in [-0.2, 0) is 0 Å². The Hall–Kier alpha value is -1.98. The van der Waals surface area contributed by atoms with Gasteiger partial charge in [-0.25, -0.2) is 9.97 Å². The number of hydrogen-bond donors (Lipinski definition) is 1. The fourth-order valence-electron chi connectivity index (χ4n) is 2.88. The summed E-state index contributed by atoms with van der Waals surface area (Å²) in [5, 5.41) is 11.3. The summed E-state index contributed by atoms with van der Waals surface area (Å²) in [5.74, 6) is 0.932.